The standard InChI is InChI=1S/C12H22N2O/c1-4-7-12(8-6-9-13-12)11(15)14(3)10-5-2/h5,13H,2,4,6-10H2,1,3H3. The Morgan fingerprint density at radius 1 is 1.67 bits per heavy atom. The molecule has 1 amide bonds. The Kier molecular flexibility index (Phi) is 4.33. The number of nitrogens with one attached hydrogen (secondary N) is 1. The predicted molar refractivity (Wildman–Crippen MR) is 62.7 cm³/mol. The van der Waals surface area contributed by atoms with Crippen molar-refractivity contribution in [2.24, 2.45) is 0 Å². The second-order valence-electron chi connectivity index (χ2n) is 4.34. The Balaban J connectivity index is 2.70. The van der Waals surface area contributed by atoms with Gasteiger partial charge in [0.2, 0.25) is 5.91 Å². The van der Waals surface area contributed by atoms with Gasteiger partial charge in [-0.2, -0.15) is 0 Å². The molecule has 0 aromatic heterocycles. The Bertz CT molecular complexity index is 232. The smallest absolute Gasteiger partial charge is 0.242 e. The minimum atomic E-state index is -0.285. The van der Waals surface area contributed by atoms with Gasteiger partial charge in [-0.05, 0) is 25.8 Å². The fourth-order valence-corrected chi connectivity index (χ4v) is 2.38. The predicted octanol–water partition coefficient (Wildman–Crippen LogP) is 1.55. The quantitative estimate of drug-likeness (QED) is 0.698. The van der Waals surface area contributed by atoms with Crippen LogP contribution in [0.1, 0.15) is 32.6 Å². The first-order chi connectivity index (χ1) is 7.16. The molecule has 0 bridgehead atoms. The van der Waals surface area contributed by atoms with E-state index in [0.29, 0.717) is 6.54 Å². The van der Waals surface area contributed by atoms with Crippen molar-refractivity contribution >= 4 is 5.91 Å². The lowest BCUT2D eigenvalue weighted by atomic mass is 9.90. The van der Waals surface area contributed by atoms with Gasteiger partial charge < -0.3 is 10.2 Å². The van der Waals surface area contributed by atoms with Crippen LogP contribution < -0.4 is 5.32 Å². The van der Waals surface area contributed by atoms with Gasteiger partial charge >= 0.3 is 0 Å². The molecule has 1 rings (SSSR count). The van der Waals surface area contributed by atoms with Crippen LogP contribution >= 0.6 is 0 Å². The van der Waals surface area contributed by atoms with Gasteiger partial charge in [0.15, 0.2) is 0 Å². The van der Waals surface area contributed by atoms with Gasteiger partial charge in [0.25, 0.3) is 0 Å². The molecule has 0 aliphatic carbocycles. The molecule has 0 aromatic carbocycles. The highest BCUT2D eigenvalue weighted by atomic mass is 16.2. The van der Waals surface area contributed by atoms with E-state index < -0.39 is 0 Å². The molecule has 1 atom stereocenters. The van der Waals surface area contributed by atoms with Crippen LogP contribution in [0.25, 0.3) is 0 Å². The summed E-state index contributed by atoms with van der Waals surface area (Å²) >= 11 is 0. The van der Waals surface area contributed by atoms with Gasteiger partial charge in [-0.1, -0.05) is 19.4 Å². The van der Waals surface area contributed by atoms with Crippen LogP contribution in [0.4, 0.5) is 0 Å². The summed E-state index contributed by atoms with van der Waals surface area (Å²) in [5, 5.41) is 3.38. The molecule has 1 aliphatic heterocycles. The average Bonchev–Trinajstić information content (AvgIpc) is 2.67. The number of carbonyl (C=O) groups is 1. The summed E-state index contributed by atoms with van der Waals surface area (Å²) in [4.78, 5) is 14.0. The third kappa shape index (κ3) is 2.59. The van der Waals surface area contributed by atoms with Crippen molar-refractivity contribution in [1.82, 2.24) is 10.2 Å². The SMILES string of the molecule is C=CCN(C)C(=O)C1(CCC)CCCN1. The summed E-state index contributed by atoms with van der Waals surface area (Å²) in [6.07, 6.45) is 5.83. The number of carbonyl (C=O) groups excluding carboxylic acids is 1. The maximum absolute atomic E-state index is 12.3. The van der Waals surface area contributed by atoms with Crippen LogP contribution in [0.2, 0.25) is 0 Å². The van der Waals surface area contributed by atoms with Gasteiger partial charge in [-0.15, -0.1) is 6.58 Å². The lowest BCUT2D eigenvalue weighted by Crippen LogP contribution is -2.53. The van der Waals surface area contributed by atoms with Crippen molar-refractivity contribution < 1.29 is 4.79 Å². The van der Waals surface area contributed by atoms with Crippen molar-refractivity contribution in [3.63, 3.8) is 0 Å². The highest BCUT2D eigenvalue weighted by Gasteiger charge is 2.41. The van der Waals surface area contributed by atoms with Gasteiger partial charge in [0, 0.05) is 13.6 Å². The Labute approximate surface area is 92.5 Å². The van der Waals surface area contributed by atoms with Gasteiger partial charge in [-0.25, -0.2) is 0 Å². The largest absolute Gasteiger partial charge is 0.340 e. The first-order valence-electron chi connectivity index (χ1n) is 5.78. The maximum atomic E-state index is 12.3. The molecule has 0 spiro atoms. The van der Waals surface area contributed by atoms with E-state index in [-0.39, 0.29) is 11.4 Å². The van der Waals surface area contributed by atoms with Crippen molar-refractivity contribution in [2.45, 2.75) is 38.1 Å². The Hall–Kier alpha value is -0.830. The molecular weight excluding hydrogens is 188 g/mol. The third-order valence-corrected chi connectivity index (χ3v) is 3.08. The second kappa shape index (κ2) is 5.31. The zero-order valence-electron chi connectivity index (χ0n) is 9.88. The molecule has 0 radical (unpaired) electrons. The zero-order chi connectivity index (χ0) is 11.3. The third-order valence-electron chi connectivity index (χ3n) is 3.08. The molecular formula is C12H22N2O. The van der Waals surface area contributed by atoms with Gasteiger partial charge in [-0.3, -0.25) is 4.79 Å². The normalized spacial score (nSPS) is 25.2. The lowest BCUT2D eigenvalue weighted by Gasteiger charge is -2.32. The number of amides is 1. The van der Waals surface area contributed by atoms with Gasteiger partial charge in [0.1, 0.15) is 0 Å². The van der Waals surface area contributed by atoms with E-state index in [1.165, 1.54) is 0 Å². The molecule has 1 saturated heterocycles. The highest BCUT2D eigenvalue weighted by Crippen LogP contribution is 2.26. The number of hydrogen-bond acceptors (Lipinski definition) is 2. The molecule has 1 N–H and O–H groups in total. The van der Waals surface area contributed by atoms with Crippen LogP contribution in [-0.2, 0) is 4.79 Å². The summed E-state index contributed by atoms with van der Waals surface area (Å²) < 4.78 is 0. The van der Waals surface area contributed by atoms with Crippen molar-refractivity contribution in [3.8, 4) is 0 Å². The molecule has 86 valence electrons. The van der Waals surface area contributed by atoms with E-state index in [9.17, 15) is 4.79 Å². The van der Waals surface area contributed by atoms with E-state index in [0.717, 1.165) is 32.2 Å². The zero-order valence-corrected chi connectivity index (χ0v) is 9.88. The fourth-order valence-electron chi connectivity index (χ4n) is 2.38. The molecule has 1 aliphatic rings. The summed E-state index contributed by atoms with van der Waals surface area (Å²) in [6, 6.07) is 0. The topological polar surface area (TPSA) is 32.3 Å². The first-order valence-corrected chi connectivity index (χ1v) is 5.78. The Morgan fingerprint density at radius 2 is 2.40 bits per heavy atom. The van der Waals surface area contributed by atoms with E-state index in [1.54, 1.807) is 11.0 Å². The van der Waals surface area contributed by atoms with Crippen molar-refractivity contribution in [1.29, 1.82) is 0 Å². The molecule has 3 nitrogen and oxygen atoms in total. The van der Waals surface area contributed by atoms with Crippen LogP contribution in [0, 0.1) is 0 Å². The molecule has 1 unspecified atom stereocenters. The maximum Gasteiger partial charge on any atom is 0.242 e. The summed E-state index contributed by atoms with van der Waals surface area (Å²) in [5.74, 6) is 0.224. The van der Waals surface area contributed by atoms with Crippen LogP contribution in [0.5, 0.6) is 0 Å². The lowest BCUT2D eigenvalue weighted by molar-refractivity contribution is -0.136. The Morgan fingerprint density at radius 3 is 2.87 bits per heavy atom. The van der Waals surface area contributed by atoms with E-state index >= 15 is 0 Å². The first kappa shape index (κ1) is 12.2. The molecule has 1 fully saturated rings. The van der Waals surface area contributed by atoms with Crippen molar-refractivity contribution in [2.75, 3.05) is 20.1 Å². The molecule has 1 heterocycles. The molecule has 3 heteroatoms. The van der Waals surface area contributed by atoms with E-state index in [2.05, 4.69) is 18.8 Å². The number of nitrogens with zero attached hydrogens (tertiary/aromatic N) is 1. The summed E-state index contributed by atoms with van der Waals surface area (Å²) in [6.45, 7) is 7.39. The molecule has 0 aromatic rings. The minimum Gasteiger partial charge on any atom is -0.340 e. The fraction of sp³-hybridized carbons (Fsp3) is 0.750. The van der Waals surface area contributed by atoms with Crippen molar-refractivity contribution in [3.05, 3.63) is 12.7 Å². The monoisotopic (exact) mass is 210 g/mol. The number of rotatable bonds is 5. The number of likely N-dealkylation sites (N-methyl/N-ethyl adjacent to an activating group) is 1. The number of hydrogen-bond donors (Lipinski definition) is 1. The van der Waals surface area contributed by atoms with Crippen LogP contribution in [0.3, 0.4) is 0 Å². The van der Waals surface area contributed by atoms with E-state index in [4.69, 9.17) is 0 Å². The molecule has 0 saturated carbocycles. The van der Waals surface area contributed by atoms with Crippen LogP contribution in [-0.4, -0.2) is 36.5 Å². The van der Waals surface area contributed by atoms with Crippen LogP contribution in [0.15, 0.2) is 12.7 Å². The van der Waals surface area contributed by atoms with E-state index in [1.807, 2.05) is 7.05 Å². The average molecular weight is 210 g/mol. The second-order valence-corrected chi connectivity index (χ2v) is 4.34. The minimum absolute atomic E-state index is 0.224. The summed E-state index contributed by atoms with van der Waals surface area (Å²) in [5.41, 5.74) is -0.285. The van der Waals surface area contributed by atoms with Gasteiger partial charge in [0.05, 0.1) is 5.54 Å². The highest BCUT2D eigenvalue weighted by molar-refractivity contribution is 5.86. The molecule has 15 heavy (non-hydrogen) atoms. The summed E-state index contributed by atoms with van der Waals surface area (Å²) in [7, 11) is 1.85.